The summed E-state index contributed by atoms with van der Waals surface area (Å²) in [5.41, 5.74) is 3.00. The highest BCUT2D eigenvalue weighted by atomic mass is 79.9. The summed E-state index contributed by atoms with van der Waals surface area (Å²) in [6, 6.07) is 9.03. The lowest BCUT2D eigenvalue weighted by atomic mass is 10.0. The van der Waals surface area contributed by atoms with Crippen LogP contribution in [0.5, 0.6) is 0 Å². The van der Waals surface area contributed by atoms with E-state index in [2.05, 4.69) is 49.9 Å². The predicted octanol–water partition coefficient (Wildman–Crippen LogP) is 10.3. The van der Waals surface area contributed by atoms with E-state index in [4.69, 9.17) is 0 Å². The van der Waals surface area contributed by atoms with Gasteiger partial charge < -0.3 is 4.90 Å². The van der Waals surface area contributed by atoms with Crippen LogP contribution < -0.4 is 4.90 Å². The van der Waals surface area contributed by atoms with Gasteiger partial charge in [-0.25, -0.2) is 0 Å². The number of hydrogen-bond acceptors (Lipinski definition) is 1. The minimum atomic E-state index is 0. The molecule has 0 bridgehead atoms. The third-order valence-corrected chi connectivity index (χ3v) is 6.65. The number of unbranched alkanes of at least 4 members (excludes halogenated alkanes) is 16. The van der Waals surface area contributed by atoms with Crippen LogP contribution in [0.15, 0.2) is 24.3 Å². The molecular formula is C29H54BrN. The maximum atomic E-state index is 2.49. The highest BCUT2D eigenvalue weighted by Crippen LogP contribution is 2.22. The van der Waals surface area contributed by atoms with E-state index in [1.165, 1.54) is 121 Å². The molecule has 2 heteroatoms. The Balaban J connectivity index is 0.00000900. The van der Waals surface area contributed by atoms with Crippen molar-refractivity contribution in [3.8, 4) is 0 Å². The van der Waals surface area contributed by atoms with Crippen LogP contribution in [0.1, 0.15) is 135 Å². The molecule has 0 spiro atoms. The second-order valence-electron chi connectivity index (χ2n) is 9.21. The van der Waals surface area contributed by atoms with E-state index in [-0.39, 0.29) is 17.0 Å². The molecule has 0 saturated carbocycles. The van der Waals surface area contributed by atoms with Crippen molar-refractivity contribution < 1.29 is 0 Å². The topological polar surface area (TPSA) is 3.24 Å². The van der Waals surface area contributed by atoms with Crippen LogP contribution in [0.3, 0.4) is 0 Å². The third kappa shape index (κ3) is 15.9. The fourth-order valence-corrected chi connectivity index (χ4v) is 4.64. The zero-order valence-corrected chi connectivity index (χ0v) is 23.0. The van der Waals surface area contributed by atoms with Crippen molar-refractivity contribution in [2.24, 2.45) is 0 Å². The molecule has 1 rings (SSSR count). The zero-order valence-electron chi connectivity index (χ0n) is 21.3. The lowest BCUT2D eigenvalue weighted by molar-refractivity contribution is 0.527. The number of rotatable bonds is 21. The van der Waals surface area contributed by atoms with Gasteiger partial charge in [-0.1, -0.05) is 128 Å². The van der Waals surface area contributed by atoms with E-state index < -0.39 is 0 Å². The van der Waals surface area contributed by atoms with Crippen LogP contribution in [0, 0.1) is 0 Å². The van der Waals surface area contributed by atoms with Crippen LogP contribution in [0.25, 0.3) is 0 Å². The Morgan fingerprint density at radius 1 is 0.516 bits per heavy atom. The van der Waals surface area contributed by atoms with E-state index in [1.54, 1.807) is 5.56 Å². The van der Waals surface area contributed by atoms with Gasteiger partial charge in [-0.2, -0.15) is 0 Å². The first-order valence-corrected chi connectivity index (χ1v) is 13.7. The molecule has 0 aromatic heterocycles. The van der Waals surface area contributed by atoms with Crippen molar-refractivity contribution in [2.45, 2.75) is 136 Å². The summed E-state index contributed by atoms with van der Waals surface area (Å²) in [7, 11) is 0. The van der Waals surface area contributed by atoms with E-state index >= 15 is 0 Å². The first-order valence-electron chi connectivity index (χ1n) is 13.7. The standard InChI is InChI=1S/C29H53N.BrH/c1-4-7-8-9-10-11-12-13-14-15-16-17-18-19-20-21-22-25-28-26-23-24-27-29(28)30(5-2)6-3;/h23-24,26-27H,4-22,25H2,1-3H3;1H. The first-order chi connectivity index (χ1) is 14.8. The van der Waals surface area contributed by atoms with E-state index in [0.717, 1.165) is 13.1 Å². The number of halogens is 1. The molecule has 0 atom stereocenters. The van der Waals surface area contributed by atoms with E-state index in [1.807, 2.05) is 0 Å². The maximum absolute atomic E-state index is 2.49. The molecule has 0 fully saturated rings. The number of hydrogen-bond donors (Lipinski definition) is 0. The Labute approximate surface area is 206 Å². The van der Waals surface area contributed by atoms with Gasteiger partial charge in [0.25, 0.3) is 0 Å². The number of para-hydroxylation sites is 1. The monoisotopic (exact) mass is 495 g/mol. The average Bonchev–Trinajstić information content (AvgIpc) is 2.77. The van der Waals surface area contributed by atoms with Gasteiger partial charge >= 0.3 is 0 Å². The molecule has 0 aliphatic rings. The maximum Gasteiger partial charge on any atom is 0.0398 e. The van der Waals surface area contributed by atoms with Gasteiger partial charge in [-0.15, -0.1) is 17.0 Å². The Hall–Kier alpha value is -0.500. The minimum Gasteiger partial charge on any atom is -0.372 e. The molecule has 0 aliphatic heterocycles. The second-order valence-corrected chi connectivity index (χ2v) is 9.21. The Bertz CT molecular complexity index is 483. The van der Waals surface area contributed by atoms with Crippen LogP contribution >= 0.6 is 17.0 Å². The lowest BCUT2D eigenvalue weighted by Gasteiger charge is -2.24. The van der Waals surface area contributed by atoms with Crippen molar-refractivity contribution in [1.82, 2.24) is 0 Å². The Morgan fingerprint density at radius 3 is 1.32 bits per heavy atom. The quantitative estimate of drug-likeness (QED) is 0.153. The number of nitrogens with zero attached hydrogens (tertiary/aromatic N) is 1. The Kier molecular flexibility index (Phi) is 22.3. The predicted molar refractivity (Wildman–Crippen MR) is 148 cm³/mol. The highest BCUT2D eigenvalue weighted by molar-refractivity contribution is 8.93. The summed E-state index contributed by atoms with van der Waals surface area (Å²) >= 11 is 0. The van der Waals surface area contributed by atoms with Gasteiger partial charge in [-0.3, -0.25) is 0 Å². The fourth-order valence-electron chi connectivity index (χ4n) is 4.64. The van der Waals surface area contributed by atoms with Gasteiger partial charge in [0.15, 0.2) is 0 Å². The fraction of sp³-hybridized carbons (Fsp3) is 0.793. The zero-order chi connectivity index (χ0) is 21.7. The largest absolute Gasteiger partial charge is 0.372 e. The molecule has 1 aromatic rings. The van der Waals surface area contributed by atoms with Crippen molar-refractivity contribution in [2.75, 3.05) is 18.0 Å². The van der Waals surface area contributed by atoms with Gasteiger partial charge in [0.1, 0.15) is 0 Å². The van der Waals surface area contributed by atoms with E-state index in [0.29, 0.717) is 0 Å². The van der Waals surface area contributed by atoms with Gasteiger partial charge in [0, 0.05) is 18.8 Å². The number of anilines is 1. The van der Waals surface area contributed by atoms with Gasteiger partial charge in [0.2, 0.25) is 0 Å². The highest BCUT2D eigenvalue weighted by Gasteiger charge is 2.07. The summed E-state index contributed by atoms with van der Waals surface area (Å²) in [5.74, 6) is 0. The van der Waals surface area contributed by atoms with Crippen molar-refractivity contribution in [1.29, 1.82) is 0 Å². The van der Waals surface area contributed by atoms with Gasteiger partial charge in [-0.05, 0) is 38.3 Å². The minimum absolute atomic E-state index is 0. The van der Waals surface area contributed by atoms with Crippen molar-refractivity contribution in [3.63, 3.8) is 0 Å². The molecule has 31 heavy (non-hydrogen) atoms. The molecule has 182 valence electrons. The lowest BCUT2D eigenvalue weighted by Crippen LogP contribution is -2.23. The normalized spacial score (nSPS) is 10.8. The number of aryl methyl sites for hydroxylation is 1. The van der Waals surface area contributed by atoms with Crippen molar-refractivity contribution >= 4 is 22.7 Å². The SMILES string of the molecule is Br.CCCCCCCCCCCCCCCCCCCc1ccccc1N(CC)CC. The molecule has 1 nitrogen and oxygen atoms in total. The first kappa shape index (κ1) is 30.5. The molecule has 1 aromatic carbocycles. The molecular weight excluding hydrogens is 442 g/mol. The third-order valence-electron chi connectivity index (χ3n) is 6.65. The van der Waals surface area contributed by atoms with E-state index in [9.17, 15) is 0 Å². The molecule has 0 radical (unpaired) electrons. The number of benzene rings is 1. The van der Waals surface area contributed by atoms with Crippen molar-refractivity contribution in [3.05, 3.63) is 29.8 Å². The molecule has 0 heterocycles. The Morgan fingerprint density at radius 2 is 0.903 bits per heavy atom. The van der Waals surface area contributed by atoms with Crippen LogP contribution in [0.2, 0.25) is 0 Å². The summed E-state index contributed by atoms with van der Waals surface area (Å²) in [6.07, 6.45) is 25.8. The summed E-state index contributed by atoms with van der Waals surface area (Å²) in [6.45, 7) is 9.03. The molecule has 0 amide bonds. The average molecular weight is 497 g/mol. The van der Waals surface area contributed by atoms with Crippen LogP contribution in [0.4, 0.5) is 5.69 Å². The molecule has 0 aliphatic carbocycles. The summed E-state index contributed by atoms with van der Waals surface area (Å²) in [5, 5.41) is 0. The smallest absolute Gasteiger partial charge is 0.0398 e. The van der Waals surface area contributed by atoms with Gasteiger partial charge in [0.05, 0.1) is 0 Å². The molecule has 0 saturated heterocycles. The summed E-state index contributed by atoms with van der Waals surface area (Å²) < 4.78 is 0. The molecule has 0 N–H and O–H groups in total. The second kappa shape index (κ2) is 22.7. The summed E-state index contributed by atoms with van der Waals surface area (Å²) in [4.78, 5) is 2.49. The molecule has 0 unspecified atom stereocenters. The van der Waals surface area contributed by atoms with Crippen LogP contribution in [-0.2, 0) is 6.42 Å². The van der Waals surface area contributed by atoms with Crippen LogP contribution in [-0.4, -0.2) is 13.1 Å².